The summed E-state index contributed by atoms with van der Waals surface area (Å²) < 4.78 is 0. The van der Waals surface area contributed by atoms with Gasteiger partial charge < -0.3 is 21.3 Å². The third-order valence-electron chi connectivity index (χ3n) is 4.19. The average molecular weight is 419 g/mol. The van der Waals surface area contributed by atoms with Gasteiger partial charge in [0.05, 0.1) is 18.4 Å². The molecule has 1 aliphatic heterocycles. The smallest absolute Gasteiger partial charge is 0.343 e. The molecule has 1 saturated heterocycles. The zero-order valence-electron chi connectivity index (χ0n) is 16.0. The van der Waals surface area contributed by atoms with Gasteiger partial charge in [-0.3, -0.25) is 14.4 Å². The van der Waals surface area contributed by atoms with Crippen molar-refractivity contribution in [1.29, 1.82) is 0 Å². The fraction of sp³-hybridized carbons (Fsp3) is 0.750. The summed E-state index contributed by atoms with van der Waals surface area (Å²) in [6.07, 6.45) is 1.30. The first kappa shape index (κ1) is 23.6. The maximum absolute atomic E-state index is 12.7. The Morgan fingerprint density at radius 1 is 1.32 bits per heavy atom. The number of alkyl halides is 1. The van der Waals surface area contributed by atoms with Crippen LogP contribution in [0.1, 0.15) is 33.1 Å². The molecule has 28 heavy (non-hydrogen) atoms. The molecule has 158 valence electrons. The van der Waals surface area contributed by atoms with E-state index in [-0.39, 0.29) is 31.4 Å². The summed E-state index contributed by atoms with van der Waals surface area (Å²) in [6, 6.07) is -2.41. The van der Waals surface area contributed by atoms with E-state index in [1.807, 2.05) is 13.8 Å². The molecule has 12 heteroatoms. The number of amides is 5. The average Bonchev–Trinajstić information content (AvgIpc) is 3.12. The summed E-state index contributed by atoms with van der Waals surface area (Å²) in [5, 5.41) is 8.33. The predicted octanol–water partition coefficient (Wildman–Crippen LogP) is -0.0746. The van der Waals surface area contributed by atoms with Gasteiger partial charge in [-0.05, 0) is 25.2 Å². The lowest BCUT2D eigenvalue weighted by molar-refractivity contribution is -0.132. The minimum absolute atomic E-state index is 0.0265. The minimum atomic E-state index is -0.882. The molecule has 0 bridgehead atoms. The molecule has 0 saturated carbocycles. The molecule has 11 nitrogen and oxygen atoms in total. The van der Waals surface area contributed by atoms with Crippen molar-refractivity contribution in [3.63, 3.8) is 0 Å². The number of nitrogens with one attached hydrogen (secondary N) is 2. The van der Waals surface area contributed by atoms with E-state index in [0.717, 1.165) is 0 Å². The van der Waals surface area contributed by atoms with Crippen molar-refractivity contribution >= 4 is 35.4 Å². The molecule has 2 atom stereocenters. The highest BCUT2D eigenvalue weighted by molar-refractivity contribution is 6.18. The number of carbonyl (C=O) groups is 4. The molecule has 4 N–H and O–H groups in total. The molecular weight excluding hydrogens is 392 g/mol. The number of nitrogens with zero attached hydrogens (tertiary/aromatic N) is 3. The van der Waals surface area contributed by atoms with E-state index >= 15 is 0 Å². The molecule has 5 amide bonds. The van der Waals surface area contributed by atoms with Crippen molar-refractivity contribution in [2.24, 2.45) is 16.9 Å². The predicted molar refractivity (Wildman–Crippen MR) is 102 cm³/mol. The first-order chi connectivity index (χ1) is 13.2. The Balaban J connectivity index is 2.84. The van der Waals surface area contributed by atoms with Gasteiger partial charge in [-0.25, -0.2) is 4.79 Å². The van der Waals surface area contributed by atoms with Crippen LogP contribution in [0.15, 0.2) is 5.29 Å². The molecule has 1 heterocycles. The number of primary amides is 1. The van der Waals surface area contributed by atoms with Crippen LogP contribution in [0.25, 0.3) is 0 Å². The highest BCUT2D eigenvalue weighted by Gasteiger charge is 2.38. The number of rotatable bonds is 10. The Morgan fingerprint density at radius 2 is 2.00 bits per heavy atom. The van der Waals surface area contributed by atoms with Crippen LogP contribution >= 0.6 is 11.6 Å². The van der Waals surface area contributed by atoms with Crippen LogP contribution in [0.3, 0.4) is 0 Å². The maximum atomic E-state index is 12.7. The van der Waals surface area contributed by atoms with Gasteiger partial charge >= 0.3 is 6.03 Å². The Morgan fingerprint density at radius 3 is 2.54 bits per heavy atom. The van der Waals surface area contributed by atoms with Crippen molar-refractivity contribution in [2.75, 3.05) is 25.5 Å². The van der Waals surface area contributed by atoms with Gasteiger partial charge in [-0.1, -0.05) is 13.8 Å². The summed E-state index contributed by atoms with van der Waals surface area (Å²) >= 11 is 5.56. The lowest BCUT2D eigenvalue weighted by Gasteiger charge is -2.28. The van der Waals surface area contributed by atoms with Crippen molar-refractivity contribution < 1.29 is 19.2 Å². The van der Waals surface area contributed by atoms with Crippen molar-refractivity contribution in [3.05, 3.63) is 4.91 Å². The van der Waals surface area contributed by atoms with Crippen molar-refractivity contribution in [2.45, 2.75) is 45.2 Å². The number of hydrogen-bond donors (Lipinski definition) is 3. The van der Waals surface area contributed by atoms with E-state index in [1.54, 1.807) is 0 Å². The number of likely N-dealkylation sites (tertiary alicyclic amines) is 1. The third-order valence-corrected chi connectivity index (χ3v) is 4.36. The summed E-state index contributed by atoms with van der Waals surface area (Å²) in [6.45, 7) is 3.64. The molecule has 0 aromatic carbocycles. The summed E-state index contributed by atoms with van der Waals surface area (Å²) in [5.41, 5.74) is 5.03. The molecule has 1 aliphatic rings. The van der Waals surface area contributed by atoms with Crippen LogP contribution in [-0.2, 0) is 14.4 Å². The van der Waals surface area contributed by atoms with Crippen LogP contribution in [-0.4, -0.2) is 71.3 Å². The van der Waals surface area contributed by atoms with Crippen LogP contribution in [0.5, 0.6) is 0 Å². The third kappa shape index (κ3) is 6.95. The Kier molecular flexibility index (Phi) is 9.63. The van der Waals surface area contributed by atoms with E-state index in [2.05, 4.69) is 15.9 Å². The van der Waals surface area contributed by atoms with Gasteiger partial charge in [0, 0.05) is 12.4 Å². The molecule has 1 rings (SSSR count). The summed E-state index contributed by atoms with van der Waals surface area (Å²) in [5.74, 6) is -1.63. The SMILES string of the molecule is CC(C)C[C@H](NC(=O)[C@@H]1CCCN1C(=O)N(CCCl)N=O)C(=O)NCC(N)=O. The lowest BCUT2D eigenvalue weighted by Crippen LogP contribution is -2.55. The van der Waals surface area contributed by atoms with Crippen LogP contribution in [0.2, 0.25) is 0 Å². The first-order valence-corrected chi connectivity index (χ1v) is 9.58. The second-order valence-electron chi connectivity index (χ2n) is 6.90. The van der Waals surface area contributed by atoms with Gasteiger partial charge in [0.25, 0.3) is 0 Å². The number of urea groups is 1. The summed E-state index contributed by atoms with van der Waals surface area (Å²) in [4.78, 5) is 60.5. The largest absolute Gasteiger partial charge is 0.368 e. The highest BCUT2D eigenvalue weighted by Crippen LogP contribution is 2.20. The molecule has 0 aromatic heterocycles. The number of halogens is 1. The maximum Gasteiger partial charge on any atom is 0.343 e. The normalized spacial score (nSPS) is 17.1. The van der Waals surface area contributed by atoms with E-state index < -0.39 is 35.8 Å². The summed E-state index contributed by atoms with van der Waals surface area (Å²) in [7, 11) is 0. The standard InChI is InChI=1S/C16H27ClN6O5/c1-10(2)8-11(14(25)19-9-13(18)24)20-15(26)12-4-3-6-22(12)16(27)23(21-28)7-5-17/h10-12H,3-9H2,1-2H3,(H2,18,24)(H,19,25)(H,20,26)/t11-,12-/m0/s1. The highest BCUT2D eigenvalue weighted by atomic mass is 35.5. The van der Waals surface area contributed by atoms with E-state index in [0.29, 0.717) is 24.3 Å². The number of hydrogen-bond acceptors (Lipinski definition) is 6. The van der Waals surface area contributed by atoms with Gasteiger partial charge in [0.15, 0.2) is 0 Å². The Labute approximate surface area is 168 Å². The monoisotopic (exact) mass is 418 g/mol. The Bertz CT molecular complexity index is 602. The topological polar surface area (TPSA) is 154 Å². The fourth-order valence-electron chi connectivity index (χ4n) is 2.94. The van der Waals surface area contributed by atoms with Crippen LogP contribution in [0, 0.1) is 10.8 Å². The quantitative estimate of drug-likeness (QED) is 0.257. The van der Waals surface area contributed by atoms with Crippen LogP contribution < -0.4 is 16.4 Å². The van der Waals surface area contributed by atoms with Crippen molar-refractivity contribution in [3.8, 4) is 0 Å². The molecule has 0 aromatic rings. The fourth-order valence-corrected chi connectivity index (χ4v) is 3.10. The van der Waals surface area contributed by atoms with E-state index in [9.17, 15) is 24.1 Å². The zero-order valence-corrected chi connectivity index (χ0v) is 16.8. The molecule has 1 fully saturated rings. The van der Waals surface area contributed by atoms with Gasteiger partial charge in [-0.2, -0.15) is 5.01 Å². The van der Waals surface area contributed by atoms with Crippen LogP contribution in [0.4, 0.5) is 4.79 Å². The molecule has 0 spiro atoms. The number of carbonyl (C=O) groups excluding carboxylic acids is 4. The van der Waals surface area contributed by atoms with Gasteiger partial charge in [0.1, 0.15) is 12.1 Å². The minimum Gasteiger partial charge on any atom is -0.368 e. The lowest BCUT2D eigenvalue weighted by atomic mass is 10.0. The van der Waals surface area contributed by atoms with E-state index in [1.165, 1.54) is 4.90 Å². The van der Waals surface area contributed by atoms with Crippen molar-refractivity contribution in [1.82, 2.24) is 20.5 Å². The van der Waals surface area contributed by atoms with Gasteiger partial charge in [-0.15, -0.1) is 16.5 Å². The first-order valence-electron chi connectivity index (χ1n) is 9.05. The number of nitroso groups, excluding NO2 is 1. The van der Waals surface area contributed by atoms with Gasteiger partial charge in [0.2, 0.25) is 17.7 Å². The number of nitrogens with two attached hydrogens (primary N) is 1. The molecule has 0 radical (unpaired) electrons. The molecule has 0 unspecified atom stereocenters. The second-order valence-corrected chi connectivity index (χ2v) is 7.28. The molecular formula is C16H27ClN6O5. The zero-order chi connectivity index (χ0) is 21.3. The molecule has 0 aliphatic carbocycles. The second kappa shape index (κ2) is 11.4. The van der Waals surface area contributed by atoms with E-state index in [4.69, 9.17) is 17.3 Å². The Hall–Kier alpha value is -2.43.